The Kier molecular flexibility index (Phi) is 2.63. The molecule has 0 bridgehead atoms. The van der Waals surface area contributed by atoms with Gasteiger partial charge in [-0.05, 0) is 25.0 Å². The van der Waals surface area contributed by atoms with E-state index in [0.29, 0.717) is 12.7 Å². The fraction of sp³-hybridized carbons (Fsp3) is 0.462. The second-order valence-electron chi connectivity index (χ2n) is 4.56. The Hall–Kier alpha value is -1.71. The van der Waals surface area contributed by atoms with Gasteiger partial charge in [-0.2, -0.15) is 0 Å². The molecule has 1 aromatic rings. The molecule has 1 aromatic carbocycles. The molecule has 90 valence electrons. The van der Waals surface area contributed by atoms with Crippen molar-refractivity contribution >= 4 is 11.5 Å². The van der Waals surface area contributed by atoms with E-state index >= 15 is 0 Å². The first-order valence-electron chi connectivity index (χ1n) is 6.06. The zero-order valence-electron chi connectivity index (χ0n) is 9.69. The Labute approximate surface area is 100 Å². The van der Waals surface area contributed by atoms with Crippen molar-refractivity contribution in [3.63, 3.8) is 0 Å². The molecule has 4 nitrogen and oxygen atoms in total. The number of ether oxygens (including phenoxy) is 2. The number of fused-ring (bicyclic) bond motifs is 1. The van der Waals surface area contributed by atoms with Crippen molar-refractivity contribution in [3.8, 4) is 11.5 Å². The van der Waals surface area contributed by atoms with Gasteiger partial charge in [-0.25, -0.2) is 4.99 Å². The average molecular weight is 232 g/mol. The van der Waals surface area contributed by atoms with Gasteiger partial charge in [-0.3, -0.25) is 0 Å². The minimum absolute atomic E-state index is 0.292. The zero-order chi connectivity index (χ0) is 11.7. The van der Waals surface area contributed by atoms with Crippen LogP contribution in [0.5, 0.6) is 11.5 Å². The lowest BCUT2D eigenvalue weighted by molar-refractivity contribution is 0.174. The van der Waals surface area contributed by atoms with Crippen molar-refractivity contribution in [1.82, 2.24) is 0 Å². The third kappa shape index (κ3) is 2.07. The molecule has 1 aliphatic carbocycles. The first kappa shape index (κ1) is 10.4. The van der Waals surface area contributed by atoms with Gasteiger partial charge in [0, 0.05) is 12.0 Å². The van der Waals surface area contributed by atoms with Crippen LogP contribution >= 0.6 is 0 Å². The van der Waals surface area contributed by atoms with Crippen LogP contribution in [0.3, 0.4) is 0 Å². The molecule has 1 saturated carbocycles. The topological polar surface area (TPSA) is 56.8 Å². The predicted octanol–water partition coefficient (Wildman–Crippen LogP) is 2.59. The summed E-state index contributed by atoms with van der Waals surface area (Å²) in [6.45, 7) is 0.292. The highest BCUT2D eigenvalue weighted by Gasteiger charge is 2.19. The number of nitrogens with zero attached hydrogens (tertiary/aromatic N) is 1. The third-order valence-electron chi connectivity index (χ3n) is 3.39. The fourth-order valence-corrected chi connectivity index (χ4v) is 2.42. The Morgan fingerprint density at radius 1 is 1.18 bits per heavy atom. The van der Waals surface area contributed by atoms with Gasteiger partial charge >= 0.3 is 0 Å². The Morgan fingerprint density at radius 2 is 1.94 bits per heavy atom. The summed E-state index contributed by atoms with van der Waals surface area (Å²) in [5.74, 6) is 2.75. The van der Waals surface area contributed by atoms with E-state index in [1.807, 2.05) is 18.2 Å². The van der Waals surface area contributed by atoms with E-state index in [2.05, 4.69) is 4.99 Å². The number of rotatable bonds is 2. The summed E-state index contributed by atoms with van der Waals surface area (Å²) in [5.41, 5.74) is 6.88. The average Bonchev–Trinajstić information content (AvgIpc) is 2.99. The lowest BCUT2D eigenvalue weighted by atomic mass is 10.1. The minimum Gasteiger partial charge on any atom is -0.454 e. The van der Waals surface area contributed by atoms with Crippen LogP contribution in [0.1, 0.15) is 25.7 Å². The summed E-state index contributed by atoms with van der Waals surface area (Å²) in [4.78, 5) is 4.48. The van der Waals surface area contributed by atoms with Gasteiger partial charge in [0.2, 0.25) is 6.79 Å². The molecule has 0 amide bonds. The monoisotopic (exact) mass is 232 g/mol. The van der Waals surface area contributed by atoms with E-state index in [1.165, 1.54) is 25.7 Å². The normalized spacial score (nSPS) is 19.9. The van der Waals surface area contributed by atoms with Crippen LogP contribution in [0, 0.1) is 5.92 Å². The molecule has 4 heteroatoms. The molecule has 2 N–H and O–H groups in total. The number of hydrogen-bond donors (Lipinski definition) is 1. The molecule has 0 spiro atoms. The molecule has 0 saturated heterocycles. The van der Waals surface area contributed by atoms with E-state index in [-0.39, 0.29) is 0 Å². The van der Waals surface area contributed by atoms with Crippen molar-refractivity contribution < 1.29 is 9.47 Å². The zero-order valence-corrected chi connectivity index (χ0v) is 9.69. The second kappa shape index (κ2) is 4.28. The van der Waals surface area contributed by atoms with E-state index in [0.717, 1.165) is 23.0 Å². The molecule has 2 aliphatic rings. The lowest BCUT2D eigenvalue weighted by Crippen LogP contribution is -2.20. The highest BCUT2D eigenvalue weighted by molar-refractivity contribution is 5.85. The van der Waals surface area contributed by atoms with Gasteiger partial charge in [-0.1, -0.05) is 12.8 Å². The molecule has 17 heavy (non-hydrogen) atoms. The van der Waals surface area contributed by atoms with Gasteiger partial charge < -0.3 is 15.2 Å². The van der Waals surface area contributed by atoms with E-state index in [1.54, 1.807) is 0 Å². The highest BCUT2D eigenvalue weighted by atomic mass is 16.7. The first-order chi connectivity index (χ1) is 8.33. The number of aliphatic imine (C=N–C) groups is 1. The highest BCUT2D eigenvalue weighted by Crippen LogP contribution is 2.35. The SMILES string of the molecule is NC(=Nc1ccc2c(c1)OCO2)C1CCCC1. The molecule has 0 atom stereocenters. The molecule has 0 unspecified atom stereocenters. The molecule has 1 aliphatic heterocycles. The number of hydrogen-bond acceptors (Lipinski definition) is 3. The third-order valence-corrected chi connectivity index (χ3v) is 3.39. The smallest absolute Gasteiger partial charge is 0.231 e. The maximum Gasteiger partial charge on any atom is 0.231 e. The summed E-state index contributed by atoms with van der Waals surface area (Å²) in [5, 5.41) is 0. The van der Waals surface area contributed by atoms with Gasteiger partial charge in [0.1, 0.15) is 5.84 Å². The van der Waals surface area contributed by atoms with Crippen LogP contribution in [-0.4, -0.2) is 12.6 Å². The molecule has 3 rings (SSSR count). The van der Waals surface area contributed by atoms with Crippen molar-refractivity contribution in [2.45, 2.75) is 25.7 Å². The predicted molar refractivity (Wildman–Crippen MR) is 65.8 cm³/mol. The van der Waals surface area contributed by atoms with Crippen LogP contribution in [-0.2, 0) is 0 Å². The van der Waals surface area contributed by atoms with Crippen LogP contribution in [0.25, 0.3) is 0 Å². The molecule has 1 fully saturated rings. The van der Waals surface area contributed by atoms with Crippen LogP contribution in [0.15, 0.2) is 23.2 Å². The molecule has 0 aromatic heterocycles. The fourth-order valence-electron chi connectivity index (χ4n) is 2.42. The van der Waals surface area contributed by atoms with Gasteiger partial charge in [0.15, 0.2) is 11.5 Å². The molecular weight excluding hydrogens is 216 g/mol. The van der Waals surface area contributed by atoms with Crippen molar-refractivity contribution in [2.24, 2.45) is 16.6 Å². The van der Waals surface area contributed by atoms with Crippen molar-refractivity contribution in [1.29, 1.82) is 0 Å². The van der Waals surface area contributed by atoms with E-state index < -0.39 is 0 Å². The Balaban J connectivity index is 1.82. The summed E-state index contributed by atoms with van der Waals surface area (Å²) < 4.78 is 10.6. The van der Waals surface area contributed by atoms with Gasteiger partial charge in [0.05, 0.1) is 5.69 Å². The Morgan fingerprint density at radius 3 is 2.76 bits per heavy atom. The molecule has 0 radical (unpaired) electrons. The summed E-state index contributed by atoms with van der Waals surface area (Å²) in [6.07, 6.45) is 4.86. The van der Waals surface area contributed by atoms with Crippen LogP contribution < -0.4 is 15.2 Å². The van der Waals surface area contributed by atoms with Crippen molar-refractivity contribution in [2.75, 3.05) is 6.79 Å². The largest absolute Gasteiger partial charge is 0.454 e. The number of nitrogens with two attached hydrogens (primary N) is 1. The first-order valence-corrected chi connectivity index (χ1v) is 6.06. The summed E-state index contributed by atoms with van der Waals surface area (Å²) >= 11 is 0. The van der Waals surface area contributed by atoms with E-state index in [9.17, 15) is 0 Å². The van der Waals surface area contributed by atoms with Crippen LogP contribution in [0.2, 0.25) is 0 Å². The maximum absolute atomic E-state index is 6.03. The van der Waals surface area contributed by atoms with Gasteiger partial charge in [-0.15, -0.1) is 0 Å². The molecule has 1 heterocycles. The van der Waals surface area contributed by atoms with Gasteiger partial charge in [0.25, 0.3) is 0 Å². The van der Waals surface area contributed by atoms with E-state index in [4.69, 9.17) is 15.2 Å². The number of benzene rings is 1. The standard InChI is InChI=1S/C13H16N2O2/c14-13(9-3-1-2-4-9)15-10-5-6-11-12(7-10)17-8-16-11/h5-7,9H,1-4,8H2,(H2,14,15). The Bertz CT molecular complexity index is 451. The quantitative estimate of drug-likeness (QED) is 0.630. The molecular formula is C13H16N2O2. The van der Waals surface area contributed by atoms with Crippen LogP contribution in [0.4, 0.5) is 5.69 Å². The van der Waals surface area contributed by atoms with Crippen molar-refractivity contribution in [3.05, 3.63) is 18.2 Å². The minimum atomic E-state index is 0.292. The number of amidine groups is 1. The maximum atomic E-state index is 6.03. The summed E-state index contributed by atoms with van der Waals surface area (Å²) in [7, 11) is 0. The summed E-state index contributed by atoms with van der Waals surface area (Å²) in [6, 6.07) is 5.67. The second-order valence-corrected chi connectivity index (χ2v) is 4.56. The lowest BCUT2D eigenvalue weighted by Gasteiger charge is -2.08.